The molecule has 1 aromatic heterocycles. The average molecular weight is 770 g/mol. The lowest BCUT2D eigenvalue weighted by Crippen LogP contribution is -2.39. The molecule has 7 aliphatic rings. The van der Waals surface area contributed by atoms with E-state index in [4.69, 9.17) is 4.42 Å². The second-order valence-electron chi connectivity index (χ2n) is 19.2. The van der Waals surface area contributed by atoms with Gasteiger partial charge in [-0.25, -0.2) is 0 Å². The first-order chi connectivity index (χ1) is 29.0. The Labute approximate surface area is 350 Å². The fraction of sp³-hybridized carbons (Fsp3) is 0.333. The standard InChI is InChI=1S/C57H55NO/c1-57(2)51-21-11-10-19-46(51)47-30-26-40(34-52(47)57)55-44-18-9-7-16-39(44)33-50-49-35-42(29-32-54(49)59-56(50)55)58(41-27-23-37(24-28-41)36-13-4-3-5-14-36)53-22-12-20-45-43-17-8-6-15-38(43)25-31-48(45)53/h3-8,12-17,19-24,27,29,32-33,35,40-41,45,47-48,52H,9-11,18,25-26,28,30-31,34H2,1-2H3. The maximum Gasteiger partial charge on any atom is 0.139 e. The Morgan fingerprint density at radius 1 is 0.763 bits per heavy atom. The maximum atomic E-state index is 7.16. The van der Waals surface area contributed by atoms with Gasteiger partial charge in [-0.15, -0.1) is 0 Å². The van der Waals surface area contributed by atoms with E-state index >= 15 is 0 Å². The predicted molar refractivity (Wildman–Crippen MR) is 246 cm³/mol. The van der Waals surface area contributed by atoms with Gasteiger partial charge >= 0.3 is 0 Å². The number of furan rings is 1. The first-order valence-corrected chi connectivity index (χ1v) is 22.8. The summed E-state index contributed by atoms with van der Waals surface area (Å²) in [4.78, 5) is 2.70. The lowest BCUT2D eigenvalue weighted by atomic mass is 9.65. The van der Waals surface area contributed by atoms with E-state index in [1.807, 2.05) is 0 Å². The van der Waals surface area contributed by atoms with Crippen LogP contribution in [0, 0.1) is 23.2 Å². The van der Waals surface area contributed by atoms with Crippen LogP contribution in [0.1, 0.15) is 110 Å². The molecule has 0 spiro atoms. The Hall–Kier alpha value is -5.34. The minimum absolute atomic E-state index is 0.207. The Morgan fingerprint density at radius 3 is 2.54 bits per heavy atom. The molecule has 2 fully saturated rings. The summed E-state index contributed by atoms with van der Waals surface area (Å²) in [5.41, 5.74) is 18.5. The van der Waals surface area contributed by atoms with Crippen LogP contribution in [0.2, 0.25) is 0 Å². The molecular formula is C57H55NO. The monoisotopic (exact) mass is 769 g/mol. The van der Waals surface area contributed by atoms with Gasteiger partial charge in [0.15, 0.2) is 0 Å². The SMILES string of the molecule is CC1(C)C2=CCCC=C2C2CCC(c3c4c(cc5c3oc3ccc(N(C6=CC=CC7c8ccccc8CCC67)C6C=CC(c7ccccc7)=CC6)cc35)C=CCC4)CC21. The average Bonchev–Trinajstić information content (AvgIpc) is 3.76. The minimum atomic E-state index is 0.207. The molecule has 6 atom stereocenters. The highest BCUT2D eigenvalue weighted by molar-refractivity contribution is 6.08. The number of allylic oxidation sites excluding steroid dienone is 11. The van der Waals surface area contributed by atoms with Crippen LogP contribution in [0.3, 0.4) is 0 Å². The van der Waals surface area contributed by atoms with Crippen molar-refractivity contribution in [3.8, 4) is 0 Å². The molecule has 294 valence electrons. The summed E-state index contributed by atoms with van der Waals surface area (Å²) in [6.45, 7) is 5.09. The molecule has 6 unspecified atom stereocenters. The molecule has 7 aliphatic carbocycles. The quantitative estimate of drug-likeness (QED) is 0.177. The van der Waals surface area contributed by atoms with E-state index in [2.05, 4.69) is 158 Å². The highest BCUT2D eigenvalue weighted by atomic mass is 16.3. The van der Waals surface area contributed by atoms with Gasteiger partial charge in [-0.1, -0.05) is 123 Å². The first kappa shape index (κ1) is 35.6. The minimum Gasteiger partial charge on any atom is -0.456 e. The van der Waals surface area contributed by atoms with Crippen molar-refractivity contribution in [3.63, 3.8) is 0 Å². The van der Waals surface area contributed by atoms with E-state index in [1.54, 1.807) is 16.7 Å². The summed E-state index contributed by atoms with van der Waals surface area (Å²) in [6, 6.07) is 29.8. The van der Waals surface area contributed by atoms with E-state index < -0.39 is 0 Å². The van der Waals surface area contributed by atoms with Crippen molar-refractivity contribution in [2.45, 2.75) is 95.9 Å². The summed E-state index contributed by atoms with van der Waals surface area (Å²) < 4.78 is 7.16. The molecule has 12 rings (SSSR count). The van der Waals surface area contributed by atoms with E-state index in [0.717, 1.165) is 43.3 Å². The van der Waals surface area contributed by atoms with Crippen LogP contribution < -0.4 is 4.90 Å². The Balaban J connectivity index is 0.971. The van der Waals surface area contributed by atoms with Gasteiger partial charge in [0.05, 0.1) is 6.04 Å². The molecule has 5 aromatic rings. The summed E-state index contributed by atoms with van der Waals surface area (Å²) in [6.07, 6.45) is 36.1. The normalized spacial score (nSPS) is 27.5. The van der Waals surface area contributed by atoms with Crippen molar-refractivity contribution in [1.82, 2.24) is 0 Å². The van der Waals surface area contributed by atoms with Gasteiger partial charge in [-0.05, 0) is 162 Å². The van der Waals surface area contributed by atoms with Crippen LogP contribution in [0.15, 0.2) is 155 Å². The summed E-state index contributed by atoms with van der Waals surface area (Å²) >= 11 is 0. The second kappa shape index (κ2) is 13.9. The van der Waals surface area contributed by atoms with Crippen molar-refractivity contribution < 1.29 is 4.42 Å². The predicted octanol–water partition coefficient (Wildman–Crippen LogP) is 14.8. The molecule has 0 bridgehead atoms. The molecule has 1 heterocycles. The number of rotatable bonds is 5. The van der Waals surface area contributed by atoms with Crippen molar-refractivity contribution in [3.05, 3.63) is 184 Å². The third kappa shape index (κ3) is 5.65. The molecule has 2 nitrogen and oxygen atoms in total. The van der Waals surface area contributed by atoms with Crippen LogP contribution >= 0.6 is 0 Å². The van der Waals surface area contributed by atoms with Crippen molar-refractivity contribution in [1.29, 1.82) is 0 Å². The molecule has 0 N–H and O–H groups in total. The van der Waals surface area contributed by atoms with Gasteiger partial charge in [0.25, 0.3) is 0 Å². The zero-order chi connectivity index (χ0) is 39.2. The smallest absolute Gasteiger partial charge is 0.139 e. The number of nitrogens with zero attached hydrogens (tertiary/aromatic N) is 1. The molecule has 0 amide bonds. The first-order valence-electron chi connectivity index (χ1n) is 22.8. The van der Waals surface area contributed by atoms with E-state index in [0.29, 0.717) is 29.6 Å². The molecular weight excluding hydrogens is 715 g/mol. The van der Waals surface area contributed by atoms with Crippen LogP contribution in [0.5, 0.6) is 0 Å². The number of anilines is 1. The topological polar surface area (TPSA) is 16.4 Å². The highest BCUT2D eigenvalue weighted by Crippen LogP contribution is 2.62. The molecule has 2 heteroatoms. The van der Waals surface area contributed by atoms with E-state index in [1.165, 1.54) is 87.7 Å². The van der Waals surface area contributed by atoms with Crippen molar-refractivity contribution in [2.24, 2.45) is 23.2 Å². The van der Waals surface area contributed by atoms with Gasteiger partial charge in [0.2, 0.25) is 0 Å². The lowest BCUT2D eigenvalue weighted by Gasteiger charge is -2.43. The molecule has 4 aromatic carbocycles. The largest absolute Gasteiger partial charge is 0.456 e. The molecule has 0 radical (unpaired) electrons. The van der Waals surface area contributed by atoms with Gasteiger partial charge in [-0.2, -0.15) is 0 Å². The number of fused-ring (bicyclic) bond motifs is 10. The van der Waals surface area contributed by atoms with Crippen LogP contribution in [0.25, 0.3) is 33.6 Å². The number of hydrogen-bond acceptors (Lipinski definition) is 2. The Morgan fingerprint density at radius 2 is 1.64 bits per heavy atom. The van der Waals surface area contributed by atoms with Gasteiger partial charge < -0.3 is 9.32 Å². The molecule has 2 saturated carbocycles. The van der Waals surface area contributed by atoms with Crippen LogP contribution in [0.4, 0.5) is 5.69 Å². The zero-order valence-electron chi connectivity index (χ0n) is 34.7. The zero-order valence-corrected chi connectivity index (χ0v) is 34.7. The lowest BCUT2D eigenvalue weighted by molar-refractivity contribution is 0.170. The number of benzene rings is 4. The van der Waals surface area contributed by atoms with Crippen molar-refractivity contribution >= 4 is 39.3 Å². The summed E-state index contributed by atoms with van der Waals surface area (Å²) in [5.74, 6) is 2.72. The fourth-order valence-electron chi connectivity index (χ4n) is 13.1. The third-order valence-electron chi connectivity index (χ3n) is 15.9. The summed E-state index contributed by atoms with van der Waals surface area (Å²) in [7, 11) is 0. The fourth-order valence-corrected chi connectivity index (χ4v) is 13.1. The molecule has 0 aliphatic heterocycles. The maximum absolute atomic E-state index is 7.16. The second-order valence-corrected chi connectivity index (χ2v) is 19.2. The molecule has 0 saturated heterocycles. The van der Waals surface area contributed by atoms with Crippen LogP contribution in [-0.4, -0.2) is 6.04 Å². The third-order valence-corrected chi connectivity index (χ3v) is 15.9. The van der Waals surface area contributed by atoms with Crippen LogP contribution in [-0.2, 0) is 12.8 Å². The van der Waals surface area contributed by atoms with Gasteiger partial charge in [0, 0.05) is 39.6 Å². The summed E-state index contributed by atoms with van der Waals surface area (Å²) in [5, 5.41) is 2.54. The van der Waals surface area contributed by atoms with Gasteiger partial charge in [-0.3, -0.25) is 0 Å². The highest BCUT2D eigenvalue weighted by Gasteiger charge is 2.51. The number of aryl methyl sites for hydroxylation is 1. The van der Waals surface area contributed by atoms with E-state index in [-0.39, 0.29) is 11.5 Å². The molecule has 59 heavy (non-hydrogen) atoms. The van der Waals surface area contributed by atoms with E-state index in [9.17, 15) is 0 Å². The van der Waals surface area contributed by atoms with Gasteiger partial charge in [0.1, 0.15) is 11.2 Å². The Bertz CT molecular complexity index is 2740. The number of hydrogen-bond donors (Lipinski definition) is 0. The van der Waals surface area contributed by atoms with Crippen molar-refractivity contribution in [2.75, 3.05) is 4.90 Å². The Kier molecular flexibility index (Phi) is 8.37.